The lowest BCUT2D eigenvalue weighted by molar-refractivity contribution is -0.384. The highest BCUT2D eigenvalue weighted by Crippen LogP contribution is 2.29. The molecule has 110 valence electrons. The van der Waals surface area contributed by atoms with Crippen molar-refractivity contribution in [3.05, 3.63) is 69.8 Å². The SMILES string of the molecule is COCC(Nc1cc(C)ccc1[N+](=O)[O-])c1ccccc1. The summed E-state index contributed by atoms with van der Waals surface area (Å²) < 4.78 is 5.23. The largest absolute Gasteiger partial charge is 0.382 e. The molecule has 2 rings (SSSR count). The Balaban J connectivity index is 2.33. The first kappa shape index (κ1) is 15.0. The van der Waals surface area contributed by atoms with Crippen LogP contribution in [0.3, 0.4) is 0 Å². The van der Waals surface area contributed by atoms with Crippen LogP contribution < -0.4 is 5.32 Å². The van der Waals surface area contributed by atoms with Gasteiger partial charge in [0.05, 0.1) is 17.6 Å². The Morgan fingerprint density at radius 1 is 1.24 bits per heavy atom. The van der Waals surface area contributed by atoms with Crippen LogP contribution in [0.4, 0.5) is 11.4 Å². The van der Waals surface area contributed by atoms with Gasteiger partial charge in [-0.2, -0.15) is 0 Å². The van der Waals surface area contributed by atoms with E-state index in [1.165, 1.54) is 6.07 Å². The zero-order valence-electron chi connectivity index (χ0n) is 12.1. The van der Waals surface area contributed by atoms with Crippen molar-refractivity contribution in [3.63, 3.8) is 0 Å². The van der Waals surface area contributed by atoms with E-state index in [9.17, 15) is 10.1 Å². The summed E-state index contributed by atoms with van der Waals surface area (Å²) in [4.78, 5) is 10.8. The van der Waals surface area contributed by atoms with Gasteiger partial charge in [0.1, 0.15) is 5.69 Å². The van der Waals surface area contributed by atoms with E-state index < -0.39 is 0 Å². The number of nitro groups is 1. The van der Waals surface area contributed by atoms with Crippen LogP contribution in [0.1, 0.15) is 17.2 Å². The topological polar surface area (TPSA) is 64.4 Å². The van der Waals surface area contributed by atoms with Gasteiger partial charge >= 0.3 is 0 Å². The maximum absolute atomic E-state index is 11.1. The van der Waals surface area contributed by atoms with Crippen LogP contribution in [0, 0.1) is 17.0 Å². The quantitative estimate of drug-likeness (QED) is 0.649. The Hall–Kier alpha value is -2.40. The van der Waals surface area contributed by atoms with Gasteiger partial charge in [-0.25, -0.2) is 0 Å². The number of benzene rings is 2. The van der Waals surface area contributed by atoms with Gasteiger partial charge in [0.15, 0.2) is 0 Å². The maximum atomic E-state index is 11.1. The van der Waals surface area contributed by atoms with Gasteiger partial charge in [-0.1, -0.05) is 36.4 Å². The lowest BCUT2D eigenvalue weighted by Gasteiger charge is -2.19. The fourth-order valence-electron chi connectivity index (χ4n) is 2.19. The first-order valence-corrected chi connectivity index (χ1v) is 6.67. The predicted molar refractivity (Wildman–Crippen MR) is 82.5 cm³/mol. The van der Waals surface area contributed by atoms with Crippen molar-refractivity contribution in [2.75, 3.05) is 19.0 Å². The summed E-state index contributed by atoms with van der Waals surface area (Å²) in [6.07, 6.45) is 0. The molecule has 0 spiro atoms. The maximum Gasteiger partial charge on any atom is 0.292 e. The van der Waals surface area contributed by atoms with Crippen LogP contribution in [0.5, 0.6) is 0 Å². The fraction of sp³-hybridized carbons (Fsp3) is 0.250. The van der Waals surface area contributed by atoms with E-state index in [1.54, 1.807) is 19.2 Å². The Labute approximate surface area is 123 Å². The summed E-state index contributed by atoms with van der Waals surface area (Å²) in [6, 6.07) is 14.6. The van der Waals surface area contributed by atoms with Gasteiger partial charge in [-0.3, -0.25) is 10.1 Å². The van der Waals surface area contributed by atoms with Crippen molar-refractivity contribution in [2.24, 2.45) is 0 Å². The zero-order valence-corrected chi connectivity index (χ0v) is 12.1. The van der Waals surface area contributed by atoms with Gasteiger partial charge in [0, 0.05) is 13.2 Å². The number of rotatable bonds is 6. The van der Waals surface area contributed by atoms with Gasteiger partial charge in [-0.15, -0.1) is 0 Å². The van der Waals surface area contributed by atoms with Crippen LogP contribution in [0.15, 0.2) is 48.5 Å². The molecule has 0 aliphatic rings. The lowest BCUT2D eigenvalue weighted by atomic mass is 10.1. The number of nitrogens with one attached hydrogen (secondary N) is 1. The summed E-state index contributed by atoms with van der Waals surface area (Å²) in [7, 11) is 1.61. The number of hydrogen-bond acceptors (Lipinski definition) is 4. The van der Waals surface area contributed by atoms with Crippen LogP contribution in [-0.4, -0.2) is 18.6 Å². The molecule has 0 aliphatic heterocycles. The number of nitrogens with zero attached hydrogens (tertiary/aromatic N) is 1. The lowest BCUT2D eigenvalue weighted by Crippen LogP contribution is -2.17. The van der Waals surface area contributed by atoms with Crippen molar-refractivity contribution in [2.45, 2.75) is 13.0 Å². The smallest absolute Gasteiger partial charge is 0.292 e. The van der Waals surface area contributed by atoms with E-state index in [0.717, 1.165) is 11.1 Å². The third-order valence-corrected chi connectivity index (χ3v) is 3.21. The van der Waals surface area contributed by atoms with Crippen molar-refractivity contribution in [1.29, 1.82) is 0 Å². The fourth-order valence-corrected chi connectivity index (χ4v) is 2.19. The number of anilines is 1. The van der Waals surface area contributed by atoms with Crippen molar-refractivity contribution < 1.29 is 9.66 Å². The van der Waals surface area contributed by atoms with E-state index in [4.69, 9.17) is 4.74 Å². The summed E-state index contributed by atoms with van der Waals surface area (Å²) in [5.74, 6) is 0. The minimum absolute atomic E-state index is 0.0673. The average molecular weight is 286 g/mol. The summed E-state index contributed by atoms with van der Waals surface area (Å²) >= 11 is 0. The molecule has 0 saturated carbocycles. The zero-order chi connectivity index (χ0) is 15.2. The van der Waals surface area contributed by atoms with Crippen LogP contribution in [0.25, 0.3) is 0 Å². The molecular weight excluding hydrogens is 268 g/mol. The van der Waals surface area contributed by atoms with Crippen LogP contribution >= 0.6 is 0 Å². The van der Waals surface area contributed by atoms with Crippen LogP contribution in [-0.2, 0) is 4.74 Å². The molecule has 0 bridgehead atoms. The molecule has 0 saturated heterocycles. The van der Waals surface area contributed by atoms with Crippen molar-refractivity contribution in [3.8, 4) is 0 Å². The molecule has 0 heterocycles. The standard InChI is InChI=1S/C16H18N2O3/c1-12-8-9-16(18(19)20)14(10-12)17-15(11-21-2)13-6-4-3-5-7-13/h3-10,15,17H,11H2,1-2H3. The van der Waals surface area contributed by atoms with Gasteiger partial charge < -0.3 is 10.1 Å². The molecule has 0 fully saturated rings. The first-order valence-electron chi connectivity index (χ1n) is 6.67. The van der Waals surface area contributed by atoms with E-state index >= 15 is 0 Å². The monoisotopic (exact) mass is 286 g/mol. The Bertz CT molecular complexity index is 614. The molecule has 0 aromatic heterocycles. The Morgan fingerprint density at radius 3 is 2.57 bits per heavy atom. The van der Waals surface area contributed by atoms with Crippen LogP contribution in [0.2, 0.25) is 0 Å². The molecular formula is C16H18N2O3. The molecule has 0 aliphatic carbocycles. The molecule has 21 heavy (non-hydrogen) atoms. The van der Waals surface area contributed by atoms with E-state index in [-0.39, 0.29) is 16.7 Å². The van der Waals surface area contributed by atoms with Gasteiger partial charge in [-0.05, 0) is 24.1 Å². The second-order valence-corrected chi connectivity index (χ2v) is 4.84. The molecule has 2 aromatic rings. The summed E-state index contributed by atoms with van der Waals surface area (Å²) in [6.45, 7) is 2.33. The Kier molecular flexibility index (Phi) is 4.90. The summed E-state index contributed by atoms with van der Waals surface area (Å²) in [5, 5.41) is 14.4. The average Bonchev–Trinajstić information content (AvgIpc) is 2.47. The molecule has 5 nitrogen and oxygen atoms in total. The molecule has 1 atom stereocenters. The molecule has 5 heteroatoms. The minimum Gasteiger partial charge on any atom is -0.382 e. The number of methoxy groups -OCH3 is 1. The molecule has 2 aromatic carbocycles. The van der Waals surface area contributed by atoms with Gasteiger partial charge in [0.25, 0.3) is 5.69 Å². The summed E-state index contributed by atoms with van der Waals surface area (Å²) in [5.41, 5.74) is 2.56. The second-order valence-electron chi connectivity index (χ2n) is 4.84. The predicted octanol–water partition coefficient (Wildman–Crippen LogP) is 3.70. The van der Waals surface area contributed by atoms with E-state index in [1.807, 2.05) is 37.3 Å². The van der Waals surface area contributed by atoms with E-state index in [2.05, 4.69) is 5.32 Å². The Morgan fingerprint density at radius 2 is 1.95 bits per heavy atom. The molecule has 1 N–H and O–H groups in total. The highest BCUT2D eigenvalue weighted by atomic mass is 16.6. The van der Waals surface area contributed by atoms with Gasteiger partial charge in [0.2, 0.25) is 0 Å². The third-order valence-electron chi connectivity index (χ3n) is 3.21. The van der Waals surface area contributed by atoms with E-state index in [0.29, 0.717) is 12.3 Å². The number of aryl methyl sites for hydroxylation is 1. The first-order chi connectivity index (χ1) is 10.1. The van der Waals surface area contributed by atoms with Crippen molar-refractivity contribution in [1.82, 2.24) is 0 Å². The highest BCUT2D eigenvalue weighted by molar-refractivity contribution is 5.63. The number of hydrogen-bond donors (Lipinski definition) is 1. The third kappa shape index (κ3) is 3.79. The molecule has 1 unspecified atom stereocenters. The molecule has 0 amide bonds. The molecule has 0 radical (unpaired) electrons. The normalized spacial score (nSPS) is 11.9. The second kappa shape index (κ2) is 6.85. The number of nitro benzene ring substituents is 1. The number of ether oxygens (including phenoxy) is 1. The highest BCUT2D eigenvalue weighted by Gasteiger charge is 2.18. The minimum atomic E-state index is -0.378. The van der Waals surface area contributed by atoms with Crippen molar-refractivity contribution >= 4 is 11.4 Å².